The van der Waals surface area contributed by atoms with Crippen LogP contribution in [-0.4, -0.2) is 33.3 Å². The molecule has 0 fully saturated rings. The second kappa shape index (κ2) is 5.60. The number of amides is 1. The van der Waals surface area contributed by atoms with Crippen molar-refractivity contribution in [1.82, 2.24) is 20.1 Å². The van der Waals surface area contributed by atoms with Crippen LogP contribution in [0.1, 0.15) is 26.2 Å². The van der Waals surface area contributed by atoms with Crippen molar-refractivity contribution in [3.8, 4) is 0 Å². The number of nitrogens with zero attached hydrogens (tertiary/aromatic N) is 3. The number of nitrogens with one attached hydrogen (secondary N) is 1. The number of hydrogen-bond acceptors (Lipinski definition) is 4. The van der Waals surface area contributed by atoms with Gasteiger partial charge >= 0.3 is 0 Å². The number of rotatable bonds is 7. The molecular weight excluding hydrogens is 206 g/mol. The van der Waals surface area contributed by atoms with Crippen LogP contribution in [0.25, 0.3) is 0 Å². The molecule has 0 aliphatic carbocycles. The summed E-state index contributed by atoms with van der Waals surface area (Å²) in [5, 5.41) is 7.03. The van der Waals surface area contributed by atoms with Crippen LogP contribution < -0.4 is 11.1 Å². The lowest BCUT2D eigenvalue weighted by molar-refractivity contribution is -0.124. The summed E-state index contributed by atoms with van der Waals surface area (Å²) >= 11 is 0. The first kappa shape index (κ1) is 12.6. The molecule has 90 valence electrons. The Morgan fingerprint density at radius 2 is 2.38 bits per heavy atom. The molecule has 0 spiro atoms. The van der Waals surface area contributed by atoms with Gasteiger partial charge in [0.15, 0.2) is 0 Å². The number of likely N-dealkylation sites (N-methyl/N-ethyl adjacent to an activating group) is 1. The summed E-state index contributed by atoms with van der Waals surface area (Å²) in [6, 6.07) is 0. The largest absolute Gasteiger partial charge is 0.368 e. The topological polar surface area (TPSA) is 85.8 Å². The van der Waals surface area contributed by atoms with E-state index < -0.39 is 5.54 Å². The van der Waals surface area contributed by atoms with Crippen LogP contribution in [0.4, 0.5) is 0 Å². The van der Waals surface area contributed by atoms with Crippen molar-refractivity contribution in [2.45, 2.75) is 38.3 Å². The highest BCUT2D eigenvalue weighted by Crippen LogP contribution is 2.16. The lowest BCUT2D eigenvalue weighted by atomic mass is 9.90. The number of aromatic nitrogens is 3. The third-order valence-electron chi connectivity index (χ3n) is 3.01. The number of aryl methyl sites for hydroxylation is 1. The van der Waals surface area contributed by atoms with Crippen molar-refractivity contribution in [3.63, 3.8) is 0 Å². The molecule has 3 N–H and O–H groups in total. The maximum Gasteiger partial charge on any atom is 0.237 e. The smallest absolute Gasteiger partial charge is 0.237 e. The summed E-state index contributed by atoms with van der Waals surface area (Å²) < 4.78 is 1.75. The van der Waals surface area contributed by atoms with E-state index in [0.717, 1.165) is 13.0 Å². The highest BCUT2D eigenvalue weighted by molar-refractivity contribution is 5.84. The van der Waals surface area contributed by atoms with Crippen LogP contribution in [0, 0.1) is 0 Å². The van der Waals surface area contributed by atoms with Gasteiger partial charge in [-0.3, -0.25) is 9.48 Å². The van der Waals surface area contributed by atoms with E-state index >= 15 is 0 Å². The minimum atomic E-state index is -0.597. The first-order valence-electron chi connectivity index (χ1n) is 5.46. The monoisotopic (exact) mass is 225 g/mol. The first-order chi connectivity index (χ1) is 7.64. The Kier molecular flexibility index (Phi) is 4.42. The van der Waals surface area contributed by atoms with Gasteiger partial charge in [0.25, 0.3) is 0 Å². The van der Waals surface area contributed by atoms with Crippen LogP contribution in [0.15, 0.2) is 12.7 Å². The summed E-state index contributed by atoms with van der Waals surface area (Å²) in [6.45, 7) is 2.70. The molecule has 16 heavy (non-hydrogen) atoms. The van der Waals surface area contributed by atoms with Gasteiger partial charge in [0.1, 0.15) is 12.7 Å². The van der Waals surface area contributed by atoms with E-state index in [4.69, 9.17) is 5.73 Å². The number of hydrogen-bond donors (Lipinski definition) is 2. The summed E-state index contributed by atoms with van der Waals surface area (Å²) in [5.74, 6) is -0.295. The molecule has 0 radical (unpaired) electrons. The van der Waals surface area contributed by atoms with Gasteiger partial charge < -0.3 is 11.1 Å². The molecular formula is C10H19N5O. The van der Waals surface area contributed by atoms with Gasteiger partial charge in [0.2, 0.25) is 5.91 Å². The summed E-state index contributed by atoms with van der Waals surface area (Å²) in [7, 11) is 1.77. The SMILES string of the molecule is CCC(CCCn1cncn1)(NC)C(N)=O. The van der Waals surface area contributed by atoms with E-state index in [-0.39, 0.29) is 5.91 Å². The standard InChI is InChI=1S/C10H19N5O/c1-3-10(12-2,9(11)16)5-4-6-15-8-13-7-14-15/h7-8,12H,3-6H2,1-2H3,(H2,11,16). The Balaban J connectivity index is 2.47. The van der Waals surface area contributed by atoms with Crippen LogP contribution in [0.3, 0.4) is 0 Å². The van der Waals surface area contributed by atoms with E-state index in [2.05, 4.69) is 15.4 Å². The normalized spacial score (nSPS) is 14.6. The first-order valence-corrected chi connectivity index (χ1v) is 5.46. The number of primary amides is 1. The van der Waals surface area contributed by atoms with Crippen molar-refractivity contribution in [1.29, 1.82) is 0 Å². The second-order valence-corrected chi connectivity index (χ2v) is 3.81. The van der Waals surface area contributed by atoms with Gasteiger partial charge in [-0.2, -0.15) is 5.10 Å². The number of nitrogens with two attached hydrogens (primary N) is 1. The average molecular weight is 225 g/mol. The molecule has 1 aromatic rings. The van der Waals surface area contributed by atoms with Gasteiger partial charge in [-0.25, -0.2) is 4.98 Å². The molecule has 1 heterocycles. The van der Waals surface area contributed by atoms with E-state index in [1.807, 2.05) is 6.92 Å². The second-order valence-electron chi connectivity index (χ2n) is 3.81. The summed E-state index contributed by atoms with van der Waals surface area (Å²) in [4.78, 5) is 15.3. The molecule has 0 aliphatic heterocycles. The Labute approximate surface area is 95.2 Å². The molecule has 0 bridgehead atoms. The zero-order valence-electron chi connectivity index (χ0n) is 9.81. The minimum absolute atomic E-state index is 0.295. The maximum absolute atomic E-state index is 11.4. The number of carbonyl (C=O) groups is 1. The van der Waals surface area contributed by atoms with Gasteiger partial charge in [0.05, 0.1) is 5.54 Å². The molecule has 6 heteroatoms. The summed E-state index contributed by atoms with van der Waals surface area (Å²) in [5.41, 5.74) is 4.82. The molecule has 1 amide bonds. The molecule has 6 nitrogen and oxygen atoms in total. The van der Waals surface area contributed by atoms with Crippen LogP contribution in [0.2, 0.25) is 0 Å². The Bertz CT molecular complexity index is 318. The predicted molar refractivity (Wildman–Crippen MR) is 60.5 cm³/mol. The van der Waals surface area contributed by atoms with E-state index in [1.54, 1.807) is 18.1 Å². The van der Waals surface area contributed by atoms with E-state index in [9.17, 15) is 4.79 Å². The Morgan fingerprint density at radius 1 is 1.62 bits per heavy atom. The quantitative estimate of drug-likeness (QED) is 0.679. The van der Waals surface area contributed by atoms with Crippen molar-refractivity contribution in [3.05, 3.63) is 12.7 Å². The molecule has 0 saturated carbocycles. The van der Waals surface area contributed by atoms with Crippen molar-refractivity contribution in [2.75, 3.05) is 7.05 Å². The molecule has 1 aromatic heterocycles. The van der Waals surface area contributed by atoms with Crippen LogP contribution in [-0.2, 0) is 11.3 Å². The van der Waals surface area contributed by atoms with Gasteiger partial charge in [0, 0.05) is 6.54 Å². The molecule has 0 saturated heterocycles. The van der Waals surface area contributed by atoms with Crippen LogP contribution in [0.5, 0.6) is 0 Å². The third kappa shape index (κ3) is 2.79. The fourth-order valence-corrected chi connectivity index (χ4v) is 1.79. The molecule has 0 aliphatic rings. The fraction of sp³-hybridized carbons (Fsp3) is 0.700. The highest BCUT2D eigenvalue weighted by atomic mass is 16.1. The van der Waals surface area contributed by atoms with Crippen molar-refractivity contribution >= 4 is 5.91 Å². The van der Waals surface area contributed by atoms with Crippen molar-refractivity contribution < 1.29 is 4.79 Å². The lowest BCUT2D eigenvalue weighted by Crippen LogP contribution is -2.53. The van der Waals surface area contributed by atoms with E-state index in [0.29, 0.717) is 12.8 Å². The van der Waals surface area contributed by atoms with Crippen molar-refractivity contribution in [2.24, 2.45) is 5.73 Å². The molecule has 1 unspecified atom stereocenters. The molecule has 1 rings (SSSR count). The molecule has 0 aromatic carbocycles. The molecule has 1 atom stereocenters. The zero-order chi connectivity index (χ0) is 12.0. The summed E-state index contributed by atoms with van der Waals surface area (Å²) in [6.07, 6.45) is 5.39. The predicted octanol–water partition coefficient (Wildman–Crippen LogP) is -0.0882. The van der Waals surface area contributed by atoms with Gasteiger partial charge in [-0.05, 0) is 26.3 Å². The van der Waals surface area contributed by atoms with E-state index in [1.165, 1.54) is 6.33 Å². The zero-order valence-corrected chi connectivity index (χ0v) is 9.81. The number of carbonyl (C=O) groups excluding carboxylic acids is 1. The maximum atomic E-state index is 11.4. The van der Waals surface area contributed by atoms with Gasteiger partial charge in [-0.1, -0.05) is 6.92 Å². The third-order valence-corrected chi connectivity index (χ3v) is 3.01. The fourth-order valence-electron chi connectivity index (χ4n) is 1.79. The Morgan fingerprint density at radius 3 is 2.81 bits per heavy atom. The minimum Gasteiger partial charge on any atom is -0.368 e. The highest BCUT2D eigenvalue weighted by Gasteiger charge is 2.31. The van der Waals surface area contributed by atoms with Gasteiger partial charge in [-0.15, -0.1) is 0 Å². The Hall–Kier alpha value is -1.43. The van der Waals surface area contributed by atoms with Crippen LogP contribution >= 0.6 is 0 Å². The lowest BCUT2D eigenvalue weighted by Gasteiger charge is -2.28. The average Bonchev–Trinajstić information content (AvgIpc) is 2.77.